The molecule has 0 aliphatic heterocycles. The minimum Gasteiger partial charge on any atom is -0.375 e. The maximum atomic E-state index is 5.30. The van der Waals surface area contributed by atoms with E-state index in [1.165, 1.54) is 6.20 Å². The Balaban J connectivity index is 2.98. The first-order valence-corrected chi connectivity index (χ1v) is 2.53. The fourth-order valence-electron chi connectivity index (χ4n) is 0.196. The van der Waals surface area contributed by atoms with Crippen LogP contribution in [0, 0.1) is 0 Å². The highest BCUT2D eigenvalue weighted by atomic mass is 35.5. The van der Waals surface area contributed by atoms with Gasteiger partial charge in [0.05, 0.1) is 12.0 Å². The van der Waals surface area contributed by atoms with Gasteiger partial charge < -0.3 is 11.1 Å². The number of rotatable bonds is 3. The highest BCUT2D eigenvalue weighted by Gasteiger charge is 1.89. The van der Waals surface area contributed by atoms with Gasteiger partial charge in [-0.3, -0.25) is 0 Å². The highest BCUT2D eigenvalue weighted by molar-refractivity contribution is 6.18. The van der Waals surface area contributed by atoms with Gasteiger partial charge in [-0.1, -0.05) is 6.58 Å². The Morgan fingerprint density at radius 1 is 2.00 bits per heavy atom. The van der Waals surface area contributed by atoms with Gasteiger partial charge in [-0.05, 0) is 6.20 Å². The van der Waals surface area contributed by atoms with Crippen molar-refractivity contribution in [2.24, 2.45) is 5.73 Å². The molecule has 3 N–H and O–H groups in total. The molecule has 1 unspecified atom stereocenters. The number of nitrogens with two attached hydrogens (primary N) is 1. The molecular weight excluding hydrogens is 112 g/mol. The van der Waals surface area contributed by atoms with Crippen molar-refractivity contribution in [3.8, 4) is 0 Å². The molecule has 0 aromatic carbocycles. The summed E-state index contributed by atoms with van der Waals surface area (Å²) in [5, 5.41) is 2.70. The van der Waals surface area contributed by atoms with Crippen LogP contribution in [0.2, 0.25) is 0 Å². The summed E-state index contributed by atoms with van der Waals surface area (Å²) in [5.74, 6) is 0.409. The summed E-state index contributed by atoms with van der Waals surface area (Å²) in [6, 6.07) is 0. The molecule has 0 aromatic heterocycles. The zero-order valence-electron chi connectivity index (χ0n) is 4.02. The van der Waals surface area contributed by atoms with Crippen LogP contribution in [0.3, 0.4) is 0 Å². The quantitative estimate of drug-likeness (QED) is 0.414. The standard InChI is InChI=1S/C4H9ClN2/c1-2-7-4(6)3-5/h2,4,7H,1,3,6H2. The maximum absolute atomic E-state index is 5.30. The average Bonchev–Trinajstić information content (AvgIpc) is 1.68. The van der Waals surface area contributed by atoms with Crippen LogP contribution in [0.1, 0.15) is 0 Å². The monoisotopic (exact) mass is 120 g/mol. The third-order valence-electron chi connectivity index (χ3n) is 0.498. The predicted octanol–water partition coefficient (Wildman–Crippen LogP) is 0.243. The summed E-state index contributed by atoms with van der Waals surface area (Å²) in [6.07, 6.45) is 1.37. The van der Waals surface area contributed by atoms with Crippen LogP contribution < -0.4 is 11.1 Å². The van der Waals surface area contributed by atoms with Crippen molar-refractivity contribution < 1.29 is 0 Å². The van der Waals surface area contributed by atoms with Crippen molar-refractivity contribution in [1.29, 1.82) is 0 Å². The first kappa shape index (κ1) is 6.79. The van der Waals surface area contributed by atoms with Crippen molar-refractivity contribution in [2.75, 3.05) is 5.88 Å². The molecule has 0 fully saturated rings. The Bertz CT molecular complexity index is 55.7. The summed E-state index contributed by atoms with van der Waals surface area (Å²) in [5.41, 5.74) is 5.27. The summed E-state index contributed by atoms with van der Waals surface area (Å²) in [4.78, 5) is 0. The Kier molecular flexibility index (Phi) is 3.84. The van der Waals surface area contributed by atoms with Gasteiger partial charge in [-0.25, -0.2) is 0 Å². The molecule has 0 spiro atoms. The van der Waals surface area contributed by atoms with Crippen LogP contribution in [-0.4, -0.2) is 12.0 Å². The fourth-order valence-corrected chi connectivity index (χ4v) is 0.285. The molecule has 0 aliphatic rings. The summed E-state index contributed by atoms with van der Waals surface area (Å²) in [6.45, 7) is 3.40. The van der Waals surface area contributed by atoms with E-state index in [0.717, 1.165) is 0 Å². The van der Waals surface area contributed by atoms with Crippen LogP contribution in [0.25, 0.3) is 0 Å². The Labute approximate surface area is 48.3 Å². The highest BCUT2D eigenvalue weighted by Crippen LogP contribution is 1.75. The molecule has 0 radical (unpaired) electrons. The van der Waals surface area contributed by atoms with Gasteiger partial charge in [0.2, 0.25) is 0 Å². The SMILES string of the molecule is C=CNC(N)CCl. The lowest BCUT2D eigenvalue weighted by atomic mass is 10.6. The van der Waals surface area contributed by atoms with E-state index < -0.39 is 0 Å². The molecule has 0 saturated heterocycles. The summed E-state index contributed by atoms with van der Waals surface area (Å²) < 4.78 is 0. The lowest BCUT2D eigenvalue weighted by Gasteiger charge is -2.04. The first-order chi connectivity index (χ1) is 3.31. The molecule has 0 rings (SSSR count). The Morgan fingerprint density at radius 2 is 2.57 bits per heavy atom. The lowest BCUT2D eigenvalue weighted by molar-refractivity contribution is 0.678. The smallest absolute Gasteiger partial charge is 0.0876 e. The normalized spacial score (nSPS) is 12.9. The van der Waals surface area contributed by atoms with Crippen molar-refractivity contribution in [3.05, 3.63) is 12.8 Å². The lowest BCUT2D eigenvalue weighted by Crippen LogP contribution is -2.34. The van der Waals surface area contributed by atoms with Crippen molar-refractivity contribution >= 4 is 11.6 Å². The van der Waals surface area contributed by atoms with Crippen molar-refractivity contribution in [3.63, 3.8) is 0 Å². The van der Waals surface area contributed by atoms with E-state index >= 15 is 0 Å². The van der Waals surface area contributed by atoms with E-state index in [0.29, 0.717) is 5.88 Å². The van der Waals surface area contributed by atoms with E-state index in [1.807, 2.05) is 0 Å². The Hall–Kier alpha value is -0.210. The second-order valence-corrected chi connectivity index (χ2v) is 1.44. The minimum absolute atomic E-state index is 0.154. The van der Waals surface area contributed by atoms with E-state index in [1.54, 1.807) is 0 Å². The van der Waals surface area contributed by atoms with E-state index in [4.69, 9.17) is 17.3 Å². The molecule has 0 aliphatic carbocycles. The molecule has 42 valence electrons. The number of nitrogens with one attached hydrogen (secondary N) is 1. The molecule has 1 atom stereocenters. The summed E-state index contributed by atoms with van der Waals surface area (Å²) >= 11 is 5.30. The van der Waals surface area contributed by atoms with Gasteiger partial charge in [0.1, 0.15) is 0 Å². The Morgan fingerprint density at radius 3 is 2.71 bits per heavy atom. The molecule has 0 aromatic rings. The van der Waals surface area contributed by atoms with Crippen molar-refractivity contribution in [1.82, 2.24) is 5.32 Å². The van der Waals surface area contributed by atoms with E-state index in [-0.39, 0.29) is 6.17 Å². The molecule has 7 heavy (non-hydrogen) atoms. The largest absolute Gasteiger partial charge is 0.375 e. The van der Waals surface area contributed by atoms with Gasteiger partial charge >= 0.3 is 0 Å². The third-order valence-corrected chi connectivity index (χ3v) is 0.831. The zero-order chi connectivity index (χ0) is 5.70. The van der Waals surface area contributed by atoms with E-state index in [2.05, 4.69) is 11.9 Å². The number of alkyl halides is 1. The van der Waals surface area contributed by atoms with Crippen LogP contribution in [0.5, 0.6) is 0 Å². The fraction of sp³-hybridized carbons (Fsp3) is 0.500. The molecule has 2 nitrogen and oxygen atoms in total. The van der Waals surface area contributed by atoms with E-state index in [9.17, 15) is 0 Å². The molecule has 0 saturated carbocycles. The van der Waals surface area contributed by atoms with Gasteiger partial charge in [0.25, 0.3) is 0 Å². The molecule has 0 bridgehead atoms. The van der Waals surface area contributed by atoms with Crippen LogP contribution in [0.4, 0.5) is 0 Å². The second kappa shape index (κ2) is 3.96. The predicted molar refractivity (Wildman–Crippen MR) is 32.0 cm³/mol. The molecular formula is C4H9ClN2. The molecule has 3 heteroatoms. The summed E-state index contributed by atoms with van der Waals surface area (Å²) in [7, 11) is 0. The van der Waals surface area contributed by atoms with Gasteiger partial charge in [0.15, 0.2) is 0 Å². The second-order valence-electron chi connectivity index (χ2n) is 1.13. The number of hydrogen-bond acceptors (Lipinski definition) is 2. The molecule has 0 amide bonds. The molecule has 0 heterocycles. The van der Waals surface area contributed by atoms with Gasteiger partial charge in [-0.15, -0.1) is 11.6 Å². The van der Waals surface area contributed by atoms with Crippen LogP contribution >= 0.6 is 11.6 Å². The first-order valence-electron chi connectivity index (χ1n) is 1.99. The maximum Gasteiger partial charge on any atom is 0.0876 e. The third kappa shape index (κ3) is 3.62. The number of halogens is 1. The van der Waals surface area contributed by atoms with Crippen molar-refractivity contribution in [2.45, 2.75) is 6.17 Å². The average molecular weight is 121 g/mol. The van der Waals surface area contributed by atoms with Crippen LogP contribution in [0.15, 0.2) is 12.8 Å². The minimum atomic E-state index is -0.154. The topological polar surface area (TPSA) is 38.0 Å². The van der Waals surface area contributed by atoms with Gasteiger partial charge in [-0.2, -0.15) is 0 Å². The van der Waals surface area contributed by atoms with Crippen LogP contribution in [-0.2, 0) is 0 Å². The number of hydrogen-bond donors (Lipinski definition) is 2. The zero-order valence-corrected chi connectivity index (χ0v) is 4.78. The van der Waals surface area contributed by atoms with Gasteiger partial charge in [0, 0.05) is 0 Å².